The summed E-state index contributed by atoms with van der Waals surface area (Å²) in [5.74, 6) is -2.78. The van der Waals surface area contributed by atoms with Gasteiger partial charge in [-0.2, -0.15) is 0 Å². The standard InChI is InChI=1S/C27H32N2O2.C2H2O4/c1-3-28-24-16-14-22-23(27(24)30)15-17-25(31-19-21-12-8-5-9-13-21)26(22)29(2)18-20-10-6-4-7-11-20;3-1(4)2(5)6/h4-13,15,17,24,27-28,30H,3,14,16,18-19H2,1-2H3;(H,3,4)(H,5,6)/t24-,27-;/m1./s1. The van der Waals surface area contributed by atoms with Crippen molar-refractivity contribution in [3.05, 3.63) is 95.1 Å². The number of carboxylic acid groups (broad SMARTS) is 2. The molecule has 0 aliphatic heterocycles. The Kier molecular flexibility index (Phi) is 10.1. The fourth-order valence-corrected chi connectivity index (χ4v) is 4.53. The lowest BCUT2D eigenvalue weighted by molar-refractivity contribution is -0.159. The largest absolute Gasteiger partial charge is 0.487 e. The van der Waals surface area contributed by atoms with E-state index in [1.54, 1.807) is 0 Å². The summed E-state index contributed by atoms with van der Waals surface area (Å²) in [7, 11) is 2.11. The molecule has 0 bridgehead atoms. The number of nitrogens with one attached hydrogen (secondary N) is 1. The predicted molar refractivity (Wildman–Crippen MR) is 142 cm³/mol. The van der Waals surface area contributed by atoms with Gasteiger partial charge in [0, 0.05) is 19.6 Å². The van der Waals surface area contributed by atoms with Gasteiger partial charge in [-0.25, -0.2) is 9.59 Å². The summed E-state index contributed by atoms with van der Waals surface area (Å²) >= 11 is 0. The number of nitrogens with zero attached hydrogens (tertiary/aromatic N) is 1. The molecule has 3 aromatic rings. The van der Waals surface area contributed by atoms with Gasteiger partial charge in [0.25, 0.3) is 0 Å². The van der Waals surface area contributed by atoms with Crippen LogP contribution in [-0.4, -0.2) is 46.9 Å². The molecule has 0 saturated heterocycles. The van der Waals surface area contributed by atoms with E-state index in [2.05, 4.69) is 60.6 Å². The Hall–Kier alpha value is -3.88. The lowest BCUT2D eigenvalue weighted by atomic mass is 9.84. The van der Waals surface area contributed by atoms with Gasteiger partial charge in [0.15, 0.2) is 0 Å². The number of benzene rings is 3. The number of likely N-dealkylation sites (N-methyl/N-ethyl adjacent to an activating group) is 1. The summed E-state index contributed by atoms with van der Waals surface area (Å²) in [6, 6.07) is 24.9. The zero-order valence-corrected chi connectivity index (χ0v) is 21.1. The number of hydrogen-bond donors (Lipinski definition) is 4. The maximum atomic E-state index is 11.0. The molecule has 8 heteroatoms. The monoisotopic (exact) mass is 506 g/mol. The molecule has 4 N–H and O–H groups in total. The van der Waals surface area contributed by atoms with Crippen LogP contribution in [0.1, 0.15) is 41.7 Å². The molecule has 0 spiro atoms. The van der Waals surface area contributed by atoms with Crippen LogP contribution in [0.5, 0.6) is 5.75 Å². The second-order valence-electron chi connectivity index (χ2n) is 8.85. The van der Waals surface area contributed by atoms with Crippen LogP contribution >= 0.6 is 0 Å². The molecule has 37 heavy (non-hydrogen) atoms. The number of carbonyl (C=O) groups is 2. The van der Waals surface area contributed by atoms with E-state index in [1.807, 2.05) is 36.4 Å². The fraction of sp³-hybridized carbons (Fsp3) is 0.310. The Bertz CT molecular complexity index is 1160. The van der Waals surface area contributed by atoms with E-state index in [0.29, 0.717) is 6.61 Å². The molecule has 2 atom stereocenters. The highest BCUT2D eigenvalue weighted by atomic mass is 16.5. The number of anilines is 1. The van der Waals surface area contributed by atoms with Crippen molar-refractivity contribution in [3.63, 3.8) is 0 Å². The van der Waals surface area contributed by atoms with Crippen molar-refractivity contribution in [2.75, 3.05) is 18.5 Å². The number of aliphatic hydroxyl groups is 1. The molecule has 1 aliphatic carbocycles. The van der Waals surface area contributed by atoms with Gasteiger partial charge in [0.1, 0.15) is 12.4 Å². The van der Waals surface area contributed by atoms with Gasteiger partial charge >= 0.3 is 11.9 Å². The lowest BCUT2D eigenvalue weighted by Crippen LogP contribution is -2.38. The van der Waals surface area contributed by atoms with E-state index >= 15 is 0 Å². The van der Waals surface area contributed by atoms with Crippen LogP contribution in [0.3, 0.4) is 0 Å². The van der Waals surface area contributed by atoms with Crippen LogP contribution < -0.4 is 15.0 Å². The molecule has 8 nitrogen and oxygen atoms in total. The Morgan fingerprint density at radius 3 is 2.11 bits per heavy atom. The topological polar surface area (TPSA) is 119 Å². The third-order valence-corrected chi connectivity index (χ3v) is 6.22. The van der Waals surface area contributed by atoms with Crippen LogP contribution in [0.2, 0.25) is 0 Å². The Morgan fingerprint density at radius 2 is 1.54 bits per heavy atom. The molecule has 0 heterocycles. The van der Waals surface area contributed by atoms with Crippen molar-refractivity contribution in [2.24, 2.45) is 0 Å². The van der Waals surface area contributed by atoms with Crippen LogP contribution in [0.4, 0.5) is 5.69 Å². The van der Waals surface area contributed by atoms with Crippen LogP contribution in [0, 0.1) is 0 Å². The summed E-state index contributed by atoms with van der Waals surface area (Å²) in [6.45, 7) is 4.25. The quantitative estimate of drug-likeness (QED) is 0.338. The number of rotatable bonds is 8. The zero-order valence-electron chi connectivity index (χ0n) is 21.1. The highest BCUT2D eigenvalue weighted by molar-refractivity contribution is 6.27. The van der Waals surface area contributed by atoms with E-state index in [0.717, 1.165) is 48.5 Å². The summed E-state index contributed by atoms with van der Waals surface area (Å²) in [4.78, 5) is 20.5. The van der Waals surface area contributed by atoms with E-state index in [9.17, 15) is 5.11 Å². The highest BCUT2D eigenvalue weighted by Gasteiger charge is 2.31. The molecular formula is C29H34N2O6. The molecule has 0 radical (unpaired) electrons. The fourth-order valence-electron chi connectivity index (χ4n) is 4.53. The summed E-state index contributed by atoms with van der Waals surface area (Å²) in [5.41, 5.74) is 5.69. The number of fused-ring (bicyclic) bond motifs is 1. The van der Waals surface area contributed by atoms with Crippen molar-refractivity contribution in [1.82, 2.24) is 5.32 Å². The number of carboxylic acids is 2. The average molecular weight is 507 g/mol. The predicted octanol–water partition coefficient (Wildman–Crippen LogP) is 4.02. The van der Waals surface area contributed by atoms with Crippen LogP contribution in [0.15, 0.2) is 72.8 Å². The normalized spacial score (nSPS) is 16.1. The first-order chi connectivity index (χ1) is 17.8. The molecule has 196 valence electrons. The number of aliphatic hydroxyl groups excluding tert-OH is 1. The van der Waals surface area contributed by atoms with Crippen molar-refractivity contribution in [1.29, 1.82) is 0 Å². The van der Waals surface area contributed by atoms with Crippen LogP contribution in [0.25, 0.3) is 0 Å². The minimum atomic E-state index is -1.82. The lowest BCUT2D eigenvalue weighted by Gasteiger charge is -2.35. The molecule has 1 aliphatic rings. The number of ether oxygens (including phenoxy) is 1. The van der Waals surface area contributed by atoms with Crippen molar-refractivity contribution in [3.8, 4) is 5.75 Å². The Morgan fingerprint density at radius 1 is 0.946 bits per heavy atom. The van der Waals surface area contributed by atoms with Gasteiger partial charge in [0.2, 0.25) is 0 Å². The molecule has 3 aromatic carbocycles. The summed E-state index contributed by atoms with van der Waals surface area (Å²) in [5, 5.41) is 29.2. The minimum Gasteiger partial charge on any atom is -0.487 e. The maximum absolute atomic E-state index is 11.0. The van der Waals surface area contributed by atoms with Gasteiger partial charge in [-0.1, -0.05) is 73.7 Å². The highest BCUT2D eigenvalue weighted by Crippen LogP contribution is 2.42. The van der Waals surface area contributed by atoms with Gasteiger partial charge in [-0.3, -0.25) is 0 Å². The molecule has 0 aromatic heterocycles. The molecular weight excluding hydrogens is 472 g/mol. The Labute approximate surface area is 217 Å². The van der Waals surface area contributed by atoms with Crippen LogP contribution in [-0.2, 0) is 29.2 Å². The second kappa shape index (κ2) is 13.4. The van der Waals surface area contributed by atoms with E-state index < -0.39 is 18.0 Å². The van der Waals surface area contributed by atoms with E-state index in [-0.39, 0.29) is 6.04 Å². The molecule has 0 amide bonds. The summed E-state index contributed by atoms with van der Waals surface area (Å²) < 4.78 is 6.32. The molecule has 0 fully saturated rings. The van der Waals surface area contributed by atoms with Crippen molar-refractivity contribution >= 4 is 17.6 Å². The first-order valence-electron chi connectivity index (χ1n) is 12.3. The average Bonchev–Trinajstić information content (AvgIpc) is 2.90. The third-order valence-electron chi connectivity index (χ3n) is 6.22. The van der Waals surface area contributed by atoms with E-state index in [4.69, 9.17) is 24.5 Å². The zero-order chi connectivity index (χ0) is 26.8. The smallest absolute Gasteiger partial charge is 0.414 e. The first-order valence-corrected chi connectivity index (χ1v) is 12.3. The number of hydrogen-bond acceptors (Lipinski definition) is 6. The van der Waals surface area contributed by atoms with Crippen molar-refractivity contribution in [2.45, 2.75) is 45.1 Å². The Balaban J connectivity index is 0.000000568. The first kappa shape index (κ1) is 27.7. The van der Waals surface area contributed by atoms with Gasteiger partial charge in [-0.15, -0.1) is 0 Å². The van der Waals surface area contributed by atoms with Gasteiger partial charge in [0.05, 0.1) is 11.8 Å². The SMILES string of the molecule is CCN[C@@H]1CCc2c(ccc(OCc3ccccc3)c2N(C)Cc2ccccc2)[C@H]1O.O=C(O)C(=O)O. The number of aliphatic carboxylic acids is 2. The molecule has 0 unspecified atom stereocenters. The maximum Gasteiger partial charge on any atom is 0.414 e. The minimum absolute atomic E-state index is 0.0980. The third kappa shape index (κ3) is 7.55. The molecule has 4 rings (SSSR count). The van der Waals surface area contributed by atoms with E-state index in [1.165, 1.54) is 11.1 Å². The molecule has 0 saturated carbocycles. The second-order valence-corrected chi connectivity index (χ2v) is 8.85. The van der Waals surface area contributed by atoms with Gasteiger partial charge < -0.3 is 30.3 Å². The van der Waals surface area contributed by atoms with Gasteiger partial charge in [-0.05, 0) is 47.7 Å². The summed E-state index contributed by atoms with van der Waals surface area (Å²) in [6.07, 6.45) is 1.33. The van der Waals surface area contributed by atoms with Crippen molar-refractivity contribution < 1.29 is 29.6 Å².